The lowest BCUT2D eigenvalue weighted by atomic mass is 9.79. The van der Waals surface area contributed by atoms with Crippen molar-refractivity contribution in [1.29, 1.82) is 0 Å². The minimum atomic E-state index is -4.53. The maximum atomic E-state index is 13.7. The molecule has 0 saturated heterocycles. The molecule has 0 bridgehead atoms. The first-order valence-electron chi connectivity index (χ1n) is 11.3. The zero-order valence-electron chi connectivity index (χ0n) is 19.0. The van der Waals surface area contributed by atoms with Crippen molar-refractivity contribution in [1.82, 2.24) is 10.3 Å². The van der Waals surface area contributed by atoms with Crippen molar-refractivity contribution in [2.45, 2.75) is 18.1 Å². The fraction of sp³-hybridized carbons (Fsp3) is 0.103. The molecule has 7 heteroatoms. The molecule has 1 amide bonds. The summed E-state index contributed by atoms with van der Waals surface area (Å²) in [5, 5.41) is 4.04. The molecule has 2 heterocycles. The van der Waals surface area contributed by atoms with Crippen molar-refractivity contribution in [3.05, 3.63) is 137 Å². The predicted octanol–water partition coefficient (Wildman–Crippen LogP) is 7.23. The van der Waals surface area contributed by atoms with Gasteiger partial charge in [-0.15, -0.1) is 11.3 Å². The van der Waals surface area contributed by atoms with Crippen LogP contribution in [-0.4, -0.2) is 10.9 Å². The number of nitrogens with one attached hydrogen (secondary N) is 1. The number of pyridine rings is 1. The molecule has 2 aromatic heterocycles. The van der Waals surface area contributed by atoms with E-state index in [0.717, 1.165) is 27.8 Å². The van der Waals surface area contributed by atoms with Gasteiger partial charge >= 0.3 is 6.18 Å². The van der Waals surface area contributed by atoms with Crippen LogP contribution in [0.4, 0.5) is 13.2 Å². The molecule has 0 radical (unpaired) electrons. The highest BCUT2D eigenvalue weighted by Gasteiger charge is 2.40. The standard InChI is InChI=1S/C29H21F3N2OS/c30-29(31,32)23-13-8-12-22(18-23)28(26-15-6-7-16-33-26,19-20-9-2-1-3-10-20)34-27(35)25-17-21-11-4-5-14-24(21)36-25/h1-18H,19H2,(H,34,35). The van der Waals surface area contributed by atoms with Gasteiger partial charge in [-0.1, -0.05) is 66.7 Å². The van der Waals surface area contributed by atoms with Crippen LogP contribution >= 0.6 is 11.3 Å². The fourth-order valence-corrected chi connectivity index (χ4v) is 5.31. The van der Waals surface area contributed by atoms with Gasteiger partial charge in [0.2, 0.25) is 0 Å². The molecule has 5 rings (SSSR count). The first kappa shape index (κ1) is 23.8. The molecule has 0 spiro atoms. The van der Waals surface area contributed by atoms with Gasteiger partial charge in [0.1, 0.15) is 5.54 Å². The van der Waals surface area contributed by atoms with Crippen molar-refractivity contribution in [3.8, 4) is 0 Å². The number of halogens is 3. The Morgan fingerprint density at radius 1 is 0.806 bits per heavy atom. The van der Waals surface area contributed by atoms with Gasteiger partial charge in [-0.05, 0) is 52.9 Å². The number of amides is 1. The molecule has 0 aliphatic carbocycles. The molecule has 1 unspecified atom stereocenters. The molecule has 3 aromatic carbocycles. The van der Waals surface area contributed by atoms with E-state index in [2.05, 4.69) is 10.3 Å². The lowest BCUT2D eigenvalue weighted by Gasteiger charge is -2.35. The Morgan fingerprint density at radius 2 is 1.53 bits per heavy atom. The topological polar surface area (TPSA) is 42.0 Å². The average Bonchev–Trinajstić information content (AvgIpc) is 3.34. The smallest absolute Gasteiger partial charge is 0.336 e. The zero-order chi connectivity index (χ0) is 25.2. The van der Waals surface area contributed by atoms with Crippen LogP contribution in [0.3, 0.4) is 0 Å². The second-order valence-corrected chi connectivity index (χ2v) is 9.55. The highest BCUT2D eigenvalue weighted by molar-refractivity contribution is 7.20. The molecule has 1 atom stereocenters. The van der Waals surface area contributed by atoms with Gasteiger partial charge in [0.15, 0.2) is 0 Å². The Labute approximate surface area is 210 Å². The third kappa shape index (κ3) is 4.75. The van der Waals surface area contributed by atoms with Gasteiger partial charge in [-0.2, -0.15) is 13.2 Å². The Bertz CT molecular complexity index is 1470. The molecule has 3 nitrogen and oxygen atoms in total. The summed E-state index contributed by atoms with van der Waals surface area (Å²) in [5.41, 5.74) is -0.546. The number of carbonyl (C=O) groups is 1. The minimum Gasteiger partial charge on any atom is -0.336 e. The van der Waals surface area contributed by atoms with Gasteiger partial charge < -0.3 is 5.32 Å². The second kappa shape index (κ2) is 9.59. The first-order valence-corrected chi connectivity index (χ1v) is 12.1. The Kier molecular flexibility index (Phi) is 6.33. The normalized spacial score (nSPS) is 13.3. The second-order valence-electron chi connectivity index (χ2n) is 8.46. The number of alkyl halides is 3. The third-order valence-corrected chi connectivity index (χ3v) is 7.19. The molecular weight excluding hydrogens is 481 g/mol. The van der Waals surface area contributed by atoms with E-state index in [0.29, 0.717) is 16.1 Å². The summed E-state index contributed by atoms with van der Waals surface area (Å²) >= 11 is 1.34. The van der Waals surface area contributed by atoms with Crippen LogP contribution in [0.2, 0.25) is 0 Å². The van der Waals surface area contributed by atoms with Gasteiger partial charge in [0.25, 0.3) is 5.91 Å². The van der Waals surface area contributed by atoms with E-state index in [-0.39, 0.29) is 12.3 Å². The third-order valence-electron chi connectivity index (χ3n) is 6.07. The summed E-state index contributed by atoms with van der Waals surface area (Å²) in [6.45, 7) is 0. The number of nitrogens with zero attached hydrogens (tertiary/aromatic N) is 1. The molecule has 0 aliphatic rings. The molecule has 36 heavy (non-hydrogen) atoms. The number of thiophene rings is 1. The van der Waals surface area contributed by atoms with E-state index >= 15 is 0 Å². The molecule has 0 saturated carbocycles. The molecule has 1 N–H and O–H groups in total. The highest BCUT2D eigenvalue weighted by atomic mass is 32.1. The molecule has 0 aliphatic heterocycles. The monoisotopic (exact) mass is 502 g/mol. The van der Waals surface area contributed by atoms with Crippen LogP contribution in [0.1, 0.15) is 32.1 Å². The molecule has 180 valence electrons. The molecular formula is C29H21F3N2OS. The predicted molar refractivity (Wildman–Crippen MR) is 136 cm³/mol. The van der Waals surface area contributed by atoms with Gasteiger partial charge in [-0.25, -0.2) is 0 Å². The number of fused-ring (bicyclic) bond motifs is 1. The minimum absolute atomic E-state index is 0.211. The van der Waals surface area contributed by atoms with Crippen LogP contribution in [0.5, 0.6) is 0 Å². The number of aromatic nitrogens is 1. The summed E-state index contributed by atoms with van der Waals surface area (Å²) in [7, 11) is 0. The van der Waals surface area contributed by atoms with Crippen LogP contribution in [0.25, 0.3) is 10.1 Å². The average molecular weight is 503 g/mol. The SMILES string of the molecule is O=C(NC(Cc1ccccc1)(c1cccc(C(F)(F)F)c1)c1ccccn1)c1cc2ccccc2s1. The number of carbonyl (C=O) groups excluding carboxylic acids is 1. The van der Waals surface area contributed by atoms with Gasteiger partial charge in [0, 0.05) is 17.3 Å². The largest absolute Gasteiger partial charge is 0.416 e. The lowest BCUT2D eigenvalue weighted by molar-refractivity contribution is -0.137. The Balaban J connectivity index is 1.69. The van der Waals surface area contributed by atoms with E-state index in [1.54, 1.807) is 36.5 Å². The zero-order valence-corrected chi connectivity index (χ0v) is 19.8. The van der Waals surface area contributed by atoms with Crippen molar-refractivity contribution in [3.63, 3.8) is 0 Å². The van der Waals surface area contributed by atoms with E-state index in [9.17, 15) is 18.0 Å². The van der Waals surface area contributed by atoms with Crippen LogP contribution in [0, 0.1) is 0 Å². The maximum absolute atomic E-state index is 13.7. The van der Waals surface area contributed by atoms with Gasteiger partial charge in [-0.3, -0.25) is 9.78 Å². The Morgan fingerprint density at radius 3 is 2.25 bits per heavy atom. The van der Waals surface area contributed by atoms with Crippen molar-refractivity contribution >= 4 is 27.3 Å². The summed E-state index contributed by atoms with van der Waals surface area (Å²) in [6, 6.07) is 29.1. The summed E-state index contributed by atoms with van der Waals surface area (Å²) in [5.74, 6) is -0.379. The van der Waals surface area contributed by atoms with E-state index in [1.807, 2.05) is 54.6 Å². The van der Waals surface area contributed by atoms with Crippen LogP contribution in [0.15, 0.2) is 109 Å². The van der Waals surface area contributed by atoms with E-state index < -0.39 is 17.3 Å². The van der Waals surface area contributed by atoms with Crippen molar-refractivity contribution in [2.24, 2.45) is 0 Å². The maximum Gasteiger partial charge on any atom is 0.416 e. The quantitative estimate of drug-likeness (QED) is 0.266. The molecule has 5 aromatic rings. The number of hydrogen-bond acceptors (Lipinski definition) is 3. The van der Waals surface area contributed by atoms with Crippen LogP contribution < -0.4 is 5.32 Å². The van der Waals surface area contributed by atoms with E-state index in [4.69, 9.17) is 0 Å². The summed E-state index contributed by atoms with van der Waals surface area (Å²) in [6.07, 6.45) is -2.74. The van der Waals surface area contributed by atoms with Crippen molar-refractivity contribution in [2.75, 3.05) is 0 Å². The number of benzene rings is 3. The van der Waals surface area contributed by atoms with Crippen molar-refractivity contribution < 1.29 is 18.0 Å². The Hall–Kier alpha value is -3.97. The molecule has 0 fully saturated rings. The number of hydrogen-bond donors (Lipinski definition) is 1. The van der Waals surface area contributed by atoms with Gasteiger partial charge in [0.05, 0.1) is 16.1 Å². The first-order chi connectivity index (χ1) is 17.3. The summed E-state index contributed by atoms with van der Waals surface area (Å²) in [4.78, 5) is 18.7. The van der Waals surface area contributed by atoms with Crippen LogP contribution in [-0.2, 0) is 18.1 Å². The number of rotatable bonds is 6. The summed E-state index contributed by atoms with van der Waals surface area (Å²) < 4.78 is 42.1. The fourth-order valence-electron chi connectivity index (χ4n) is 4.35. The highest BCUT2D eigenvalue weighted by Crippen LogP contribution is 2.37. The van der Waals surface area contributed by atoms with E-state index in [1.165, 1.54) is 17.4 Å². The lowest BCUT2D eigenvalue weighted by Crippen LogP contribution is -2.49.